The molecule has 0 aliphatic heterocycles. The lowest BCUT2D eigenvalue weighted by Gasteiger charge is -2.19. The maximum absolute atomic E-state index is 13.0. The smallest absolute Gasteiger partial charge is 0.422 e. The molecule has 0 saturated carbocycles. The third-order valence-electron chi connectivity index (χ3n) is 2.09. The molecule has 0 fully saturated rings. The van der Waals surface area contributed by atoms with Gasteiger partial charge in [-0.3, -0.25) is 0 Å². The van der Waals surface area contributed by atoms with Gasteiger partial charge in [-0.2, -0.15) is 13.2 Å². The summed E-state index contributed by atoms with van der Waals surface area (Å²) >= 11 is 2.95. The average molecular weight is 349 g/mol. The molecule has 1 aromatic rings. The Morgan fingerprint density at radius 2 is 1.79 bits per heavy atom. The van der Waals surface area contributed by atoms with Crippen molar-refractivity contribution in [3.8, 4) is 5.75 Å². The summed E-state index contributed by atoms with van der Waals surface area (Å²) in [5, 5.41) is 9.39. The highest BCUT2D eigenvalue weighted by molar-refractivity contribution is 9.10. The second-order valence-electron chi connectivity index (χ2n) is 3.98. The SMILES string of the molecule is CC(F)(F)C(O)c1cc(Br)cc(OCC(F)(F)F)c1. The molecule has 0 heterocycles. The van der Waals surface area contributed by atoms with Crippen molar-refractivity contribution in [2.75, 3.05) is 6.61 Å². The van der Waals surface area contributed by atoms with Crippen LogP contribution in [0.5, 0.6) is 5.75 Å². The molecule has 0 aliphatic carbocycles. The summed E-state index contributed by atoms with van der Waals surface area (Å²) in [5.41, 5.74) is -0.237. The lowest BCUT2D eigenvalue weighted by Crippen LogP contribution is -2.22. The van der Waals surface area contributed by atoms with Crippen LogP contribution in [0.25, 0.3) is 0 Å². The highest BCUT2D eigenvalue weighted by atomic mass is 79.9. The first-order valence-electron chi connectivity index (χ1n) is 5.05. The van der Waals surface area contributed by atoms with E-state index >= 15 is 0 Å². The van der Waals surface area contributed by atoms with Crippen LogP contribution in [0.2, 0.25) is 0 Å². The van der Waals surface area contributed by atoms with E-state index in [9.17, 15) is 27.1 Å². The van der Waals surface area contributed by atoms with Crippen molar-refractivity contribution in [1.29, 1.82) is 0 Å². The number of rotatable bonds is 4. The number of alkyl halides is 5. The lowest BCUT2D eigenvalue weighted by molar-refractivity contribution is -0.153. The van der Waals surface area contributed by atoms with E-state index in [2.05, 4.69) is 20.7 Å². The fourth-order valence-corrected chi connectivity index (χ4v) is 1.77. The first-order chi connectivity index (χ1) is 8.49. The summed E-state index contributed by atoms with van der Waals surface area (Å²) in [6.45, 7) is -1.03. The zero-order chi connectivity index (χ0) is 14.8. The molecule has 1 atom stereocenters. The molecule has 0 aliphatic rings. The third kappa shape index (κ3) is 5.32. The Bertz CT molecular complexity index is 442. The molecule has 2 nitrogen and oxygen atoms in total. The van der Waals surface area contributed by atoms with Gasteiger partial charge in [-0.1, -0.05) is 15.9 Å². The molecule has 0 bridgehead atoms. The van der Waals surface area contributed by atoms with Gasteiger partial charge >= 0.3 is 6.18 Å². The van der Waals surface area contributed by atoms with Crippen LogP contribution in [0.1, 0.15) is 18.6 Å². The maximum atomic E-state index is 13.0. The normalized spacial score (nSPS) is 14.3. The van der Waals surface area contributed by atoms with Gasteiger partial charge in [0.1, 0.15) is 11.9 Å². The van der Waals surface area contributed by atoms with Crippen LogP contribution in [0, 0.1) is 0 Å². The zero-order valence-corrected chi connectivity index (χ0v) is 11.2. The van der Waals surface area contributed by atoms with Crippen molar-refractivity contribution in [2.24, 2.45) is 0 Å². The maximum Gasteiger partial charge on any atom is 0.422 e. The third-order valence-corrected chi connectivity index (χ3v) is 2.55. The fraction of sp³-hybridized carbons (Fsp3) is 0.455. The largest absolute Gasteiger partial charge is 0.484 e. The Balaban J connectivity index is 2.95. The highest BCUT2D eigenvalue weighted by Gasteiger charge is 2.34. The molecule has 1 aromatic carbocycles. The van der Waals surface area contributed by atoms with Gasteiger partial charge in [0.05, 0.1) is 0 Å². The molecule has 0 amide bonds. The van der Waals surface area contributed by atoms with Crippen molar-refractivity contribution in [3.63, 3.8) is 0 Å². The van der Waals surface area contributed by atoms with Crippen molar-refractivity contribution < 1.29 is 31.8 Å². The first kappa shape index (κ1) is 16.2. The van der Waals surface area contributed by atoms with E-state index in [1.807, 2.05) is 0 Å². The van der Waals surface area contributed by atoms with Crippen molar-refractivity contribution >= 4 is 15.9 Å². The molecule has 19 heavy (non-hydrogen) atoms. The lowest BCUT2D eigenvalue weighted by atomic mass is 10.0. The summed E-state index contributed by atoms with van der Waals surface area (Å²) in [7, 11) is 0. The van der Waals surface area contributed by atoms with Gasteiger partial charge in [0.15, 0.2) is 6.61 Å². The van der Waals surface area contributed by atoms with E-state index in [-0.39, 0.29) is 15.8 Å². The van der Waals surface area contributed by atoms with E-state index < -0.39 is 24.8 Å². The van der Waals surface area contributed by atoms with E-state index in [0.717, 1.165) is 6.07 Å². The molecule has 0 saturated heterocycles. The van der Waals surface area contributed by atoms with E-state index in [0.29, 0.717) is 6.92 Å². The van der Waals surface area contributed by atoms with Crippen molar-refractivity contribution in [3.05, 3.63) is 28.2 Å². The summed E-state index contributed by atoms with van der Waals surface area (Å²) in [5.74, 6) is -3.67. The van der Waals surface area contributed by atoms with Gasteiger partial charge < -0.3 is 9.84 Å². The van der Waals surface area contributed by atoms with Gasteiger partial charge in [0.25, 0.3) is 5.92 Å². The topological polar surface area (TPSA) is 29.5 Å². The molecule has 108 valence electrons. The molecule has 1 unspecified atom stereocenters. The Morgan fingerprint density at radius 3 is 2.26 bits per heavy atom. The van der Waals surface area contributed by atoms with Crippen LogP contribution in [0.3, 0.4) is 0 Å². The van der Waals surface area contributed by atoms with Crippen LogP contribution in [0.15, 0.2) is 22.7 Å². The predicted octanol–water partition coefficient (Wildman–Crippen LogP) is 4.08. The van der Waals surface area contributed by atoms with Gasteiger partial charge in [-0.05, 0) is 23.8 Å². The van der Waals surface area contributed by atoms with Gasteiger partial charge in [-0.15, -0.1) is 0 Å². The van der Waals surface area contributed by atoms with E-state index in [1.54, 1.807) is 0 Å². The molecule has 0 radical (unpaired) electrons. The first-order valence-corrected chi connectivity index (χ1v) is 5.84. The second kappa shape index (κ2) is 5.62. The number of ether oxygens (including phenoxy) is 1. The summed E-state index contributed by atoms with van der Waals surface area (Å²) in [6.07, 6.45) is -6.66. The minimum absolute atomic E-state index is 0.227. The predicted molar refractivity (Wildman–Crippen MR) is 61.3 cm³/mol. The van der Waals surface area contributed by atoms with E-state index in [1.165, 1.54) is 12.1 Å². The monoisotopic (exact) mass is 348 g/mol. The molecule has 8 heteroatoms. The Labute approximate surface area is 114 Å². The molecular weight excluding hydrogens is 339 g/mol. The average Bonchev–Trinajstić information content (AvgIpc) is 2.22. The Hall–Kier alpha value is -0.890. The quantitative estimate of drug-likeness (QED) is 0.831. The minimum Gasteiger partial charge on any atom is -0.484 e. The number of benzene rings is 1. The second-order valence-corrected chi connectivity index (χ2v) is 4.90. The van der Waals surface area contributed by atoms with Crippen molar-refractivity contribution in [1.82, 2.24) is 0 Å². The summed E-state index contributed by atoms with van der Waals surface area (Å²) in [6, 6.07) is 3.32. The Kier molecular flexibility index (Phi) is 4.78. The molecule has 0 aromatic heterocycles. The summed E-state index contributed by atoms with van der Waals surface area (Å²) < 4.78 is 66.5. The van der Waals surface area contributed by atoms with Gasteiger partial charge in [-0.25, -0.2) is 8.78 Å². The van der Waals surface area contributed by atoms with Crippen molar-refractivity contribution in [2.45, 2.75) is 25.1 Å². The van der Waals surface area contributed by atoms with Gasteiger partial charge in [0, 0.05) is 11.4 Å². The number of aliphatic hydroxyl groups excluding tert-OH is 1. The zero-order valence-electron chi connectivity index (χ0n) is 9.64. The number of aliphatic hydroxyl groups is 1. The number of halogens is 6. The fourth-order valence-electron chi connectivity index (χ4n) is 1.28. The highest BCUT2D eigenvalue weighted by Crippen LogP contribution is 2.34. The summed E-state index contributed by atoms with van der Waals surface area (Å²) in [4.78, 5) is 0. The van der Waals surface area contributed by atoms with Gasteiger partial charge in [0.2, 0.25) is 0 Å². The van der Waals surface area contributed by atoms with Crippen LogP contribution in [0.4, 0.5) is 22.0 Å². The number of hydrogen-bond acceptors (Lipinski definition) is 2. The minimum atomic E-state index is -4.53. The Morgan fingerprint density at radius 1 is 1.21 bits per heavy atom. The van der Waals surface area contributed by atoms with E-state index in [4.69, 9.17) is 0 Å². The molecular formula is C11H10BrF5O2. The van der Waals surface area contributed by atoms with Crippen LogP contribution < -0.4 is 4.74 Å². The molecule has 1 rings (SSSR count). The van der Waals surface area contributed by atoms with Crippen LogP contribution in [-0.4, -0.2) is 23.8 Å². The van der Waals surface area contributed by atoms with Crippen LogP contribution in [-0.2, 0) is 0 Å². The number of hydrogen-bond donors (Lipinski definition) is 1. The van der Waals surface area contributed by atoms with Crippen LogP contribution >= 0.6 is 15.9 Å². The molecule has 0 spiro atoms. The molecule has 1 N–H and O–H groups in total. The standard InChI is InChI=1S/C11H10BrF5O2/c1-10(13,14)9(18)6-2-7(12)4-8(3-6)19-5-11(15,16)17/h2-4,9,18H,5H2,1H3.